The summed E-state index contributed by atoms with van der Waals surface area (Å²) in [6.45, 7) is 4.72. The predicted molar refractivity (Wildman–Crippen MR) is 98.9 cm³/mol. The number of carbonyl (C=O) groups excluding carboxylic acids is 3. The Morgan fingerprint density at radius 1 is 1.32 bits per heavy atom. The zero-order valence-corrected chi connectivity index (χ0v) is 16.5. The number of aromatic nitrogens is 2. The van der Waals surface area contributed by atoms with Gasteiger partial charge in [-0.25, -0.2) is 19.1 Å². The number of amides is 1. The SMILES string of the molecule is CCOC(=O)c1sc(NC(=O)c2ccnn2C(C)C(=O)O)c(C(=O)OC)c1C. The Hall–Kier alpha value is -3.21. The van der Waals surface area contributed by atoms with Crippen LogP contribution in [0.3, 0.4) is 0 Å². The molecule has 0 aliphatic heterocycles. The summed E-state index contributed by atoms with van der Waals surface area (Å²) in [6, 6.07) is 0.273. The summed E-state index contributed by atoms with van der Waals surface area (Å²) in [7, 11) is 1.18. The lowest BCUT2D eigenvalue weighted by Gasteiger charge is -2.11. The highest BCUT2D eigenvalue weighted by Gasteiger charge is 2.28. The van der Waals surface area contributed by atoms with Crippen LogP contribution < -0.4 is 5.32 Å². The lowest BCUT2D eigenvalue weighted by molar-refractivity contribution is -0.140. The summed E-state index contributed by atoms with van der Waals surface area (Å²) >= 11 is 0.871. The molecule has 2 rings (SSSR count). The second kappa shape index (κ2) is 8.65. The summed E-state index contributed by atoms with van der Waals surface area (Å²) in [6.07, 6.45) is 1.29. The number of nitrogens with one attached hydrogen (secondary N) is 1. The number of ether oxygens (including phenoxy) is 2. The van der Waals surface area contributed by atoms with Crippen LogP contribution in [0, 0.1) is 6.92 Å². The Morgan fingerprint density at radius 2 is 2.00 bits per heavy atom. The lowest BCUT2D eigenvalue weighted by atomic mass is 10.1. The Balaban J connectivity index is 2.43. The van der Waals surface area contributed by atoms with Crippen LogP contribution in [0.2, 0.25) is 0 Å². The van der Waals surface area contributed by atoms with E-state index in [4.69, 9.17) is 14.6 Å². The van der Waals surface area contributed by atoms with Crippen LogP contribution >= 0.6 is 11.3 Å². The topological polar surface area (TPSA) is 137 Å². The molecule has 0 aliphatic carbocycles. The van der Waals surface area contributed by atoms with Crippen molar-refractivity contribution in [2.24, 2.45) is 0 Å². The highest BCUT2D eigenvalue weighted by Crippen LogP contribution is 2.34. The average Bonchev–Trinajstić information content (AvgIpc) is 3.25. The molecule has 0 saturated heterocycles. The summed E-state index contributed by atoms with van der Waals surface area (Å²) in [5.41, 5.74) is 0.328. The molecule has 2 aromatic rings. The molecule has 10 nitrogen and oxygen atoms in total. The van der Waals surface area contributed by atoms with Crippen molar-refractivity contribution in [1.82, 2.24) is 9.78 Å². The fourth-order valence-corrected chi connectivity index (χ4v) is 3.50. The number of rotatable bonds is 7. The van der Waals surface area contributed by atoms with Crippen molar-refractivity contribution in [2.45, 2.75) is 26.8 Å². The third-order valence-corrected chi connectivity index (χ3v) is 5.04. The Bertz CT molecular complexity index is 931. The van der Waals surface area contributed by atoms with Crippen molar-refractivity contribution in [3.8, 4) is 0 Å². The maximum absolute atomic E-state index is 12.7. The zero-order chi connectivity index (χ0) is 21.0. The molecular weight excluding hydrogens is 390 g/mol. The molecular formula is C17H19N3O7S. The summed E-state index contributed by atoms with van der Waals surface area (Å²) in [5, 5.41) is 15.6. The molecule has 1 atom stereocenters. The molecule has 2 N–H and O–H groups in total. The number of carbonyl (C=O) groups is 4. The van der Waals surface area contributed by atoms with Gasteiger partial charge in [-0.1, -0.05) is 0 Å². The number of carboxylic acids is 1. The van der Waals surface area contributed by atoms with Crippen LogP contribution in [0.15, 0.2) is 12.3 Å². The van der Waals surface area contributed by atoms with Gasteiger partial charge in [0, 0.05) is 6.20 Å². The van der Waals surface area contributed by atoms with Crippen molar-refractivity contribution in [3.63, 3.8) is 0 Å². The van der Waals surface area contributed by atoms with Gasteiger partial charge >= 0.3 is 17.9 Å². The maximum atomic E-state index is 12.7. The molecule has 0 bridgehead atoms. The molecule has 2 aromatic heterocycles. The molecule has 0 spiro atoms. The van der Waals surface area contributed by atoms with Gasteiger partial charge in [0.25, 0.3) is 5.91 Å². The highest BCUT2D eigenvalue weighted by molar-refractivity contribution is 7.18. The van der Waals surface area contributed by atoms with E-state index in [9.17, 15) is 19.2 Å². The first kappa shape index (κ1) is 21.1. The van der Waals surface area contributed by atoms with Gasteiger partial charge in [-0.3, -0.25) is 4.79 Å². The van der Waals surface area contributed by atoms with E-state index in [0.717, 1.165) is 16.0 Å². The van der Waals surface area contributed by atoms with Crippen molar-refractivity contribution < 1.29 is 33.8 Å². The minimum atomic E-state index is -1.16. The quantitative estimate of drug-likeness (QED) is 0.664. The number of nitrogens with zero attached hydrogens (tertiary/aromatic N) is 2. The molecule has 0 aromatic carbocycles. The van der Waals surface area contributed by atoms with Crippen molar-refractivity contribution in [3.05, 3.63) is 34.0 Å². The third kappa shape index (κ3) is 4.03. The predicted octanol–water partition coefficient (Wildman–Crippen LogP) is 2.11. The van der Waals surface area contributed by atoms with Crippen LogP contribution in [0.5, 0.6) is 0 Å². The smallest absolute Gasteiger partial charge is 0.348 e. The first-order valence-electron chi connectivity index (χ1n) is 8.19. The minimum Gasteiger partial charge on any atom is -0.480 e. The van der Waals surface area contributed by atoms with E-state index in [1.54, 1.807) is 13.8 Å². The van der Waals surface area contributed by atoms with Crippen LogP contribution in [0.4, 0.5) is 5.00 Å². The van der Waals surface area contributed by atoms with E-state index < -0.39 is 29.9 Å². The van der Waals surface area contributed by atoms with Gasteiger partial charge in [-0.15, -0.1) is 11.3 Å². The fraction of sp³-hybridized carbons (Fsp3) is 0.353. The first-order chi connectivity index (χ1) is 13.2. The molecule has 1 amide bonds. The Kier molecular flexibility index (Phi) is 6.52. The first-order valence-corrected chi connectivity index (χ1v) is 9.01. The highest BCUT2D eigenvalue weighted by atomic mass is 32.1. The standard InChI is InChI=1S/C17H19N3O7S/c1-5-27-17(25)12-8(2)11(16(24)26-4)14(28-12)19-13(21)10-6-7-18-20(10)9(3)15(22)23/h6-7,9H,5H2,1-4H3,(H,19,21)(H,22,23). The monoisotopic (exact) mass is 409 g/mol. The number of hydrogen-bond acceptors (Lipinski definition) is 8. The van der Waals surface area contributed by atoms with E-state index in [0.29, 0.717) is 5.56 Å². The number of aliphatic carboxylic acids is 1. The minimum absolute atomic E-state index is 0.0190. The lowest BCUT2D eigenvalue weighted by Crippen LogP contribution is -2.24. The van der Waals surface area contributed by atoms with Gasteiger partial charge in [-0.2, -0.15) is 5.10 Å². The van der Waals surface area contributed by atoms with Gasteiger partial charge in [0.05, 0.1) is 19.3 Å². The normalized spacial score (nSPS) is 11.6. The number of esters is 2. The molecule has 0 aliphatic rings. The summed E-state index contributed by atoms with van der Waals surface area (Å²) in [4.78, 5) is 48.3. The fourth-order valence-electron chi connectivity index (χ4n) is 2.42. The van der Waals surface area contributed by atoms with Gasteiger partial charge in [0.2, 0.25) is 0 Å². The van der Waals surface area contributed by atoms with Gasteiger partial charge in [0.1, 0.15) is 21.6 Å². The van der Waals surface area contributed by atoms with E-state index >= 15 is 0 Å². The molecule has 0 saturated carbocycles. The number of carboxylic acid groups (broad SMARTS) is 1. The van der Waals surface area contributed by atoms with Gasteiger partial charge in [-0.05, 0) is 32.4 Å². The van der Waals surface area contributed by atoms with E-state index in [1.165, 1.54) is 26.3 Å². The van der Waals surface area contributed by atoms with E-state index in [-0.39, 0.29) is 27.7 Å². The second-order valence-electron chi connectivity index (χ2n) is 5.60. The third-order valence-electron chi connectivity index (χ3n) is 3.85. The molecule has 1 unspecified atom stereocenters. The van der Waals surface area contributed by atoms with Crippen LogP contribution in [-0.2, 0) is 14.3 Å². The van der Waals surface area contributed by atoms with E-state index in [2.05, 4.69) is 10.4 Å². The Morgan fingerprint density at radius 3 is 2.57 bits per heavy atom. The summed E-state index contributed by atoms with van der Waals surface area (Å²) < 4.78 is 10.8. The molecule has 150 valence electrons. The molecule has 28 heavy (non-hydrogen) atoms. The molecule has 2 heterocycles. The number of hydrogen-bond donors (Lipinski definition) is 2. The number of anilines is 1. The average molecular weight is 409 g/mol. The number of thiophene rings is 1. The van der Waals surface area contributed by atoms with Crippen LogP contribution in [-0.4, -0.2) is 52.4 Å². The van der Waals surface area contributed by atoms with Gasteiger partial charge in [0.15, 0.2) is 0 Å². The molecule has 0 fully saturated rings. The van der Waals surface area contributed by atoms with E-state index in [1.807, 2.05) is 0 Å². The zero-order valence-electron chi connectivity index (χ0n) is 15.6. The molecule has 11 heteroatoms. The van der Waals surface area contributed by atoms with Crippen molar-refractivity contribution >= 4 is 40.2 Å². The molecule has 0 radical (unpaired) electrons. The second-order valence-corrected chi connectivity index (χ2v) is 6.62. The van der Waals surface area contributed by atoms with Crippen molar-refractivity contribution in [2.75, 3.05) is 19.0 Å². The Labute approximate surface area is 164 Å². The largest absolute Gasteiger partial charge is 0.480 e. The van der Waals surface area contributed by atoms with Crippen LogP contribution in [0.25, 0.3) is 0 Å². The summed E-state index contributed by atoms with van der Waals surface area (Å²) in [5.74, 6) is -3.20. The van der Waals surface area contributed by atoms with Crippen molar-refractivity contribution in [1.29, 1.82) is 0 Å². The van der Waals surface area contributed by atoms with Crippen LogP contribution in [0.1, 0.15) is 56.0 Å². The van der Waals surface area contributed by atoms with Gasteiger partial charge < -0.3 is 19.9 Å². The maximum Gasteiger partial charge on any atom is 0.348 e. The number of methoxy groups -OCH3 is 1.